The number of carbonyl (C=O) groups is 1. The molecule has 1 heterocycles. The van der Waals surface area contributed by atoms with E-state index >= 15 is 0 Å². The van der Waals surface area contributed by atoms with Crippen molar-refractivity contribution in [2.24, 2.45) is 5.73 Å². The van der Waals surface area contributed by atoms with E-state index in [4.69, 9.17) is 15.0 Å². The molecule has 124 valence electrons. The fraction of sp³-hybridized carbons (Fsp3) is 0.438. The summed E-state index contributed by atoms with van der Waals surface area (Å²) in [7, 11) is 0. The van der Waals surface area contributed by atoms with Crippen LogP contribution in [0.15, 0.2) is 28.8 Å². The number of nitrogens with one attached hydrogen (secondary N) is 1. The molecule has 0 radical (unpaired) electrons. The van der Waals surface area contributed by atoms with Gasteiger partial charge >= 0.3 is 0 Å². The maximum Gasteiger partial charge on any atom is 0.251 e. The molecule has 0 aliphatic heterocycles. The minimum atomic E-state index is -0.122. The lowest BCUT2D eigenvalue weighted by molar-refractivity contribution is 0.0952. The van der Waals surface area contributed by atoms with Crippen LogP contribution in [0.5, 0.6) is 5.75 Å². The predicted octanol–water partition coefficient (Wildman–Crippen LogP) is 1.68. The van der Waals surface area contributed by atoms with Crippen molar-refractivity contribution in [3.8, 4) is 5.75 Å². The molecule has 0 bridgehead atoms. The van der Waals surface area contributed by atoms with Crippen molar-refractivity contribution in [2.45, 2.75) is 39.3 Å². The van der Waals surface area contributed by atoms with Gasteiger partial charge in [0.25, 0.3) is 5.91 Å². The van der Waals surface area contributed by atoms with Gasteiger partial charge < -0.3 is 20.3 Å². The number of aryl methyl sites for hydroxylation is 1. The number of hydrogen-bond donors (Lipinski definition) is 2. The number of amides is 1. The molecule has 0 fully saturated rings. The summed E-state index contributed by atoms with van der Waals surface area (Å²) >= 11 is 0. The molecular formula is C16H22N4O3. The van der Waals surface area contributed by atoms with Crippen LogP contribution in [0.4, 0.5) is 0 Å². The zero-order valence-corrected chi connectivity index (χ0v) is 13.4. The normalized spacial score (nSPS) is 12.0. The quantitative estimate of drug-likeness (QED) is 0.767. The number of rotatable bonds is 8. The molecule has 7 heteroatoms. The molecule has 0 spiro atoms. The summed E-state index contributed by atoms with van der Waals surface area (Å²) in [5.41, 5.74) is 6.22. The monoisotopic (exact) mass is 318 g/mol. The van der Waals surface area contributed by atoms with E-state index in [1.54, 1.807) is 24.3 Å². The van der Waals surface area contributed by atoms with Gasteiger partial charge in [-0.1, -0.05) is 12.1 Å². The summed E-state index contributed by atoms with van der Waals surface area (Å²) < 4.78 is 10.6. The molecule has 7 nitrogen and oxygen atoms in total. The molecule has 2 rings (SSSR count). The second kappa shape index (κ2) is 8.28. The molecule has 1 aromatic heterocycles. The number of hydrogen-bond acceptors (Lipinski definition) is 6. The molecule has 1 atom stereocenters. The van der Waals surface area contributed by atoms with Gasteiger partial charge in [-0.15, -0.1) is 0 Å². The van der Waals surface area contributed by atoms with Crippen LogP contribution in [0.3, 0.4) is 0 Å². The van der Waals surface area contributed by atoms with E-state index < -0.39 is 0 Å². The Morgan fingerprint density at radius 2 is 2.13 bits per heavy atom. The van der Waals surface area contributed by atoms with E-state index in [0.717, 1.165) is 6.42 Å². The summed E-state index contributed by atoms with van der Waals surface area (Å²) in [4.78, 5) is 16.1. The Balaban J connectivity index is 1.82. The molecule has 0 aliphatic carbocycles. The Morgan fingerprint density at radius 3 is 2.74 bits per heavy atom. The summed E-state index contributed by atoms with van der Waals surface area (Å²) in [5.74, 6) is 1.60. The first kappa shape index (κ1) is 17.0. The number of nitrogens with zero attached hydrogens (tertiary/aromatic N) is 2. The minimum Gasteiger partial charge on any atom is -0.485 e. The maximum atomic E-state index is 11.9. The summed E-state index contributed by atoms with van der Waals surface area (Å²) in [6.07, 6.45) is 1.44. The molecule has 23 heavy (non-hydrogen) atoms. The van der Waals surface area contributed by atoms with Crippen molar-refractivity contribution in [1.29, 1.82) is 0 Å². The highest BCUT2D eigenvalue weighted by molar-refractivity contribution is 5.94. The number of aromatic nitrogens is 2. The van der Waals surface area contributed by atoms with Crippen molar-refractivity contribution in [3.05, 3.63) is 41.5 Å². The smallest absolute Gasteiger partial charge is 0.251 e. The van der Waals surface area contributed by atoms with Crippen LogP contribution < -0.4 is 15.8 Å². The van der Waals surface area contributed by atoms with E-state index in [1.807, 2.05) is 13.8 Å². The van der Waals surface area contributed by atoms with Gasteiger partial charge in [-0.3, -0.25) is 4.79 Å². The highest BCUT2D eigenvalue weighted by Gasteiger charge is 2.07. The van der Waals surface area contributed by atoms with Crippen LogP contribution in [-0.2, 0) is 13.0 Å². The fourth-order valence-corrected chi connectivity index (χ4v) is 1.86. The highest BCUT2D eigenvalue weighted by atomic mass is 16.5. The third-order valence-electron chi connectivity index (χ3n) is 3.18. The zero-order valence-electron chi connectivity index (χ0n) is 13.4. The molecule has 2 aromatic rings. The number of nitrogens with two attached hydrogens (primary N) is 1. The third-order valence-corrected chi connectivity index (χ3v) is 3.18. The van der Waals surface area contributed by atoms with Crippen LogP contribution >= 0.6 is 0 Å². The third kappa shape index (κ3) is 5.37. The second-order valence-corrected chi connectivity index (χ2v) is 5.29. The maximum absolute atomic E-state index is 11.9. The van der Waals surface area contributed by atoms with E-state index in [2.05, 4.69) is 15.5 Å². The summed E-state index contributed by atoms with van der Waals surface area (Å²) in [6.45, 7) is 4.64. The average Bonchev–Trinajstić information content (AvgIpc) is 3.01. The van der Waals surface area contributed by atoms with Crippen molar-refractivity contribution in [3.63, 3.8) is 0 Å². The molecule has 0 saturated heterocycles. The summed E-state index contributed by atoms with van der Waals surface area (Å²) in [6, 6.07) is 6.97. The van der Waals surface area contributed by atoms with Crippen LogP contribution in [-0.4, -0.2) is 28.6 Å². The standard InChI is InChI=1S/C16H22N4O3/c1-3-15-19-14(20-23-15)10-22-13-6-4-12(5-7-13)16(21)18-9-8-11(2)17/h4-7,11H,3,8-10,17H2,1-2H3,(H,18,21). The fourth-order valence-electron chi connectivity index (χ4n) is 1.86. The second-order valence-electron chi connectivity index (χ2n) is 5.29. The molecule has 0 aliphatic rings. The Bertz CT molecular complexity index is 623. The molecule has 1 unspecified atom stereocenters. The van der Waals surface area contributed by atoms with Crippen LogP contribution in [0, 0.1) is 0 Å². The van der Waals surface area contributed by atoms with Crippen LogP contribution in [0.2, 0.25) is 0 Å². The SMILES string of the molecule is CCc1nc(COc2ccc(C(=O)NCCC(C)N)cc2)no1. The molecule has 1 amide bonds. The van der Waals surface area contributed by atoms with Gasteiger partial charge in [0.15, 0.2) is 6.61 Å². The Hall–Kier alpha value is -2.41. The first-order chi connectivity index (χ1) is 11.1. The van der Waals surface area contributed by atoms with Crippen molar-refractivity contribution >= 4 is 5.91 Å². The Morgan fingerprint density at radius 1 is 1.39 bits per heavy atom. The van der Waals surface area contributed by atoms with E-state index in [9.17, 15) is 4.79 Å². The van der Waals surface area contributed by atoms with Gasteiger partial charge in [-0.2, -0.15) is 4.98 Å². The molecule has 0 saturated carbocycles. The van der Waals surface area contributed by atoms with E-state index in [1.165, 1.54) is 0 Å². The van der Waals surface area contributed by atoms with Crippen LogP contribution in [0.25, 0.3) is 0 Å². The summed E-state index contributed by atoms with van der Waals surface area (Å²) in [5, 5.41) is 6.63. The van der Waals surface area contributed by atoms with Crippen LogP contribution in [0.1, 0.15) is 42.3 Å². The molecular weight excluding hydrogens is 296 g/mol. The number of carbonyl (C=O) groups excluding carboxylic acids is 1. The van der Waals surface area contributed by atoms with Gasteiger partial charge in [-0.05, 0) is 37.6 Å². The largest absolute Gasteiger partial charge is 0.485 e. The van der Waals surface area contributed by atoms with Gasteiger partial charge in [0, 0.05) is 24.6 Å². The Kier molecular flexibility index (Phi) is 6.10. The molecule has 1 aromatic carbocycles. The predicted molar refractivity (Wildman–Crippen MR) is 85.0 cm³/mol. The first-order valence-electron chi connectivity index (χ1n) is 7.66. The molecule has 3 N–H and O–H groups in total. The lowest BCUT2D eigenvalue weighted by Crippen LogP contribution is -2.28. The average molecular weight is 318 g/mol. The zero-order chi connectivity index (χ0) is 16.7. The Labute approximate surface area is 135 Å². The van der Waals surface area contributed by atoms with Gasteiger partial charge in [0.1, 0.15) is 5.75 Å². The number of benzene rings is 1. The first-order valence-corrected chi connectivity index (χ1v) is 7.66. The minimum absolute atomic E-state index is 0.0736. The van der Waals surface area contributed by atoms with Gasteiger partial charge in [0.2, 0.25) is 11.7 Å². The number of ether oxygens (including phenoxy) is 1. The topological polar surface area (TPSA) is 103 Å². The van der Waals surface area contributed by atoms with Crippen molar-refractivity contribution in [1.82, 2.24) is 15.5 Å². The lowest BCUT2D eigenvalue weighted by Gasteiger charge is -2.08. The van der Waals surface area contributed by atoms with Gasteiger partial charge in [-0.25, -0.2) is 0 Å². The van der Waals surface area contributed by atoms with Crippen molar-refractivity contribution < 1.29 is 14.1 Å². The van der Waals surface area contributed by atoms with Gasteiger partial charge in [0.05, 0.1) is 0 Å². The lowest BCUT2D eigenvalue weighted by atomic mass is 10.2. The van der Waals surface area contributed by atoms with E-state index in [0.29, 0.717) is 36.0 Å². The highest BCUT2D eigenvalue weighted by Crippen LogP contribution is 2.13. The van der Waals surface area contributed by atoms with E-state index in [-0.39, 0.29) is 18.6 Å². The van der Waals surface area contributed by atoms with Crippen molar-refractivity contribution in [2.75, 3.05) is 6.54 Å².